The molecular weight excluding hydrogens is 402 g/mol. The monoisotopic (exact) mass is 449 g/mol. The third-order valence-electron chi connectivity index (χ3n) is 8.28. The molecule has 6 nitrogen and oxygen atoms in total. The lowest BCUT2D eigenvalue weighted by atomic mass is 9.73. The van der Waals surface area contributed by atoms with Crippen molar-refractivity contribution < 1.29 is 14.3 Å². The van der Waals surface area contributed by atoms with E-state index in [0.29, 0.717) is 13.2 Å². The van der Waals surface area contributed by atoms with Gasteiger partial charge in [0.1, 0.15) is 6.04 Å². The molecular formula is C26H47N3O3. The van der Waals surface area contributed by atoms with Crippen LogP contribution >= 0.6 is 0 Å². The molecule has 0 aromatic heterocycles. The second-order valence-electron chi connectivity index (χ2n) is 10.6. The molecule has 2 amide bonds. The second-order valence-corrected chi connectivity index (χ2v) is 10.6. The van der Waals surface area contributed by atoms with E-state index in [4.69, 9.17) is 4.74 Å². The van der Waals surface area contributed by atoms with Gasteiger partial charge in [0.05, 0.1) is 5.41 Å². The third kappa shape index (κ3) is 7.18. The highest BCUT2D eigenvalue weighted by atomic mass is 16.5. The molecule has 1 spiro atoms. The van der Waals surface area contributed by atoms with E-state index in [1.165, 1.54) is 38.6 Å². The first-order valence-electron chi connectivity index (χ1n) is 13.4. The number of rotatable bonds is 4. The van der Waals surface area contributed by atoms with Crippen molar-refractivity contribution in [1.82, 2.24) is 15.5 Å². The quantitative estimate of drug-likeness (QED) is 0.683. The molecule has 2 heterocycles. The molecule has 0 radical (unpaired) electrons. The van der Waals surface area contributed by atoms with Gasteiger partial charge >= 0.3 is 0 Å². The standard InChI is InChI=1S/C26H47N3O3/c1-3-21(2)23-24(30)27-15-9-19-32-18-8-7-12-26(25(31)28-23)13-16-29(17-14-26)20-22-10-5-4-6-11-22/h21-23H,3-20H2,1-2H3,(H,27,30)(H,28,31)/t21-,23-/m0/s1. The first-order chi connectivity index (χ1) is 15.5. The Morgan fingerprint density at radius 3 is 2.44 bits per heavy atom. The molecule has 0 aromatic carbocycles. The summed E-state index contributed by atoms with van der Waals surface area (Å²) in [5.41, 5.74) is -0.348. The van der Waals surface area contributed by atoms with Crippen LogP contribution in [0.15, 0.2) is 0 Å². The van der Waals surface area contributed by atoms with E-state index < -0.39 is 6.04 Å². The summed E-state index contributed by atoms with van der Waals surface area (Å²) in [6, 6.07) is -0.450. The van der Waals surface area contributed by atoms with Gasteiger partial charge in [0.2, 0.25) is 11.8 Å². The first-order valence-corrected chi connectivity index (χ1v) is 13.4. The molecule has 6 heteroatoms. The maximum absolute atomic E-state index is 13.7. The predicted molar refractivity (Wildman–Crippen MR) is 128 cm³/mol. The fourth-order valence-corrected chi connectivity index (χ4v) is 5.75. The number of amides is 2. The molecule has 2 atom stereocenters. The highest BCUT2D eigenvalue weighted by Gasteiger charge is 2.42. The van der Waals surface area contributed by atoms with Gasteiger partial charge in [0.25, 0.3) is 0 Å². The zero-order chi connectivity index (χ0) is 22.8. The van der Waals surface area contributed by atoms with E-state index in [0.717, 1.165) is 70.6 Å². The fraction of sp³-hybridized carbons (Fsp3) is 0.923. The Bertz CT molecular complexity index is 583. The molecule has 1 saturated carbocycles. The number of carbonyl (C=O) groups excluding carboxylic acids is 2. The summed E-state index contributed by atoms with van der Waals surface area (Å²) in [6.07, 6.45) is 13.3. The molecule has 184 valence electrons. The van der Waals surface area contributed by atoms with Crippen molar-refractivity contribution in [2.75, 3.05) is 39.4 Å². The van der Waals surface area contributed by atoms with Gasteiger partial charge in [-0.1, -0.05) is 46.0 Å². The largest absolute Gasteiger partial charge is 0.381 e. The molecule has 3 fully saturated rings. The first kappa shape index (κ1) is 25.5. The number of hydrogen-bond donors (Lipinski definition) is 2. The van der Waals surface area contributed by atoms with Crippen molar-refractivity contribution in [2.24, 2.45) is 17.3 Å². The average Bonchev–Trinajstić information content (AvgIpc) is 2.82. The van der Waals surface area contributed by atoms with Crippen molar-refractivity contribution in [3.05, 3.63) is 0 Å². The fourth-order valence-electron chi connectivity index (χ4n) is 5.75. The van der Waals surface area contributed by atoms with Crippen molar-refractivity contribution in [3.63, 3.8) is 0 Å². The number of carbonyl (C=O) groups is 2. The number of likely N-dealkylation sites (tertiary alicyclic amines) is 1. The van der Waals surface area contributed by atoms with Crippen LogP contribution in [0.2, 0.25) is 0 Å². The summed E-state index contributed by atoms with van der Waals surface area (Å²) >= 11 is 0. The van der Waals surface area contributed by atoms with Gasteiger partial charge in [-0.2, -0.15) is 0 Å². The minimum Gasteiger partial charge on any atom is -0.381 e. The summed E-state index contributed by atoms with van der Waals surface area (Å²) in [5, 5.41) is 6.25. The lowest BCUT2D eigenvalue weighted by Gasteiger charge is -2.43. The maximum atomic E-state index is 13.7. The zero-order valence-electron chi connectivity index (χ0n) is 20.6. The van der Waals surface area contributed by atoms with Crippen LogP contribution in [0.5, 0.6) is 0 Å². The maximum Gasteiger partial charge on any atom is 0.242 e. The smallest absolute Gasteiger partial charge is 0.242 e. The van der Waals surface area contributed by atoms with Gasteiger partial charge in [0.15, 0.2) is 0 Å². The van der Waals surface area contributed by atoms with Gasteiger partial charge in [0, 0.05) is 26.3 Å². The van der Waals surface area contributed by atoms with Crippen LogP contribution in [-0.4, -0.2) is 62.1 Å². The molecule has 2 aliphatic heterocycles. The molecule has 1 aliphatic carbocycles. The number of piperidine rings is 1. The predicted octanol–water partition coefficient (Wildman–Crippen LogP) is 3.89. The Morgan fingerprint density at radius 2 is 1.72 bits per heavy atom. The number of hydrogen-bond acceptors (Lipinski definition) is 4. The molecule has 2 N–H and O–H groups in total. The summed E-state index contributed by atoms with van der Waals surface area (Å²) in [4.78, 5) is 29.2. The van der Waals surface area contributed by atoms with Gasteiger partial charge in [-0.15, -0.1) is 0 Å². The topological polar surface area (TPSA) is 70.7 Å². The summed E-state index contributed by atoms with van der Waals surface area (Å²) in [7, 11) is 0. The molecule has 2 saturated heterocycles. The van der Waals surface area contributed by atoms with Crippen LogP contribution in [0, 0.1) is 17.3 Å². The van der Waals surface area contributed by atoms with Gasteiger partial charge in [-0.3, -0.25) is 9.59 Å². The van der Waals surface area contributed by atoms with Crippen LogP contribution < -0.4 is 10.6 Å². The van der Waals surface area contributed by atoms with Crippen molar-refractivity contribution in [2.45, 2.75) is 96.9 Å². The third-order valence-corrected chi connectivity index (χ3v) is 8.28. The normalized spacial score (nSPS) is 28.5. The SMILES string of the molecule is CC[C@H](C)[C@@H]1NC(=O)C2(CCCCOCCCNC1=O)CCN(CC1CCCCC1)CC2. The second kappa shape index (κ2) is 12.9. The highest BCUT2D eigenvalue weighted by Crippen LogP contribution is 2.38. The lowest BCUT2D eigenvalue weighted by molar-refractivity contribution is -0.139. The summed E-state index contributed by atoms with van der Waals surface area (Å²) < 4.78 is 5.75. The molecule has 0 unspecified atom stereocenters. The van der Waals surface area contributed by atoms with E-state index in [2.05, 4.69) is 29.4 Å². The highest BCUT2D eigenvalue weighted by molar-refractivity contribution is 5.90. The van der Waals surface area contributed by atoms with E-state index in [-0.39, 0.29) is 23.1 Å². The van der Waals surface area contributed by atoms with E-state index >= 15 is 0 Å². The Labute approximate surface area is 195 Å². The Morgan fingerprint density at radius 1 is 1.00 bits per heavy atom. The number of ether oxygens (including phenoxy) is 1. The van der Waals surface area contributed by atoms with Crippen molar-refractivity contribution in [3.8, 4) is 0 Å². The van der Waals surface area contributed by atoms with E-state index in [1.54, 1.807) is 0 Å². The Kier molecular flexibility index (Phi) is 10.3. The van der Waals surface area contributed by atoms with Gasteiger partial charge in [-0.25, -0.2) is 0 Å². The minimum absolute atomic E-state index is 0.0466. The van der Waals surface area contributed by atoms with Gasteiger partial charge < -0.3 is 20.3 Å². The van der Waals surface area contributed by atoms with Crippen molar-refractivity contribution >= 4 is 11.8 Å². The molecule has 3 rings (SSSR count). The van der Waals surface area contributed by atoms with Crippen LogP contribution in [0.4, 0.5) is 0 Å². The van der Waals surface area contributed by atoms with E-state index in [1.807, 2.05) is 0 Å². The average molecular weight is 450 g/mol. The number of nitrogens with zero attached hydrogens (tertiary/aromatic N) is 1. The summed E-state index contributed by atoms with van der Waals surface area (Å²) in [6.45, 7) is 9.38. The Hall–Kier alpha value is -1.14. The number of nitrogens with one attached hydrogen (secondary N) is 2. The summed E-state index contributed by atoms with van der Waals surface area (Å²) in [5.74, 6) is 1.01. The van der Waals surface area contributed by atoms with Crippen LogP contribution in [-0.2, 0) is 14.3 Å². The molecule has 3 aliphatic rings. The van der Waals surface area contributed by atoms with Crippen LogP contribution in [0.1, 0.15) is 90.9 Å². The van der Waals surface area contributed by atoms with Crippen LogP contribution in [0.25, 0.3) is 0 Å². The lowest BCUT2D eigenvalue weighted by Crippen LogP contribution is -2.56. The van der Waals surface area contributed by atoms with E-state index in [9.17, 15) is 9.59 Å². The zero-order valence-corrected chi connectivity index (χ0v) is 20.6. The van der Waals surface area contributed by atoms with Crippen molar-refractivity contribution in [1.29, 1.82) is 0 Å². The van der Waals surface area contributed by atoms with Gasteiger partial charge in [-0.05, 0) is 69.9 Å². The minimum atomic E-state index is -0.450. The molecule has 32 heavy (non-hydrogen) atoms. The van der Waals surface area contributed by atoms with Crippen LogP contribution in [0.3, 0.4) is 0 Å². The Balaban J connectivity index is 1.66. The molecule has 0 bridgehead atoms. The molecule has 0 aromatic rings.